The molecule has 1 heterocycles. The summed E-state index contributed by atoms with van der Waals surface area (Å²) in [6.45, 7) is 3.94. The minimum absolute atomic E-state index is 0.130. The second-order valence-electron chi connectivity index (χ2n) is 7.09. The second kappa shape index (κ2) is 8.66. The van der Waals surface area contributed by atoms with E-state index >= 15 is 0 Å². The number of fused-ring (bicyclic) bond motifs is 1. The zero-order valence-electron chi connectivity index (χ0n) is 16.6. The average molecular weight is 416 g/mol. The van der Waals surface area contributed by atoms with Crippen LogP contribution in [0.4, 0.5) is 5.69 Å². The van der Waals surface area contributed by atoms with Crippen LogP contribution in [0.3, 0.4) is 0 Å². The Labute approximate surface area is 181 Å². The fourth-order valence-corrected chi connectivity index (χ4v) is 3.72. The number of amides is 1. The van der Waals surface area contributed by atoms with Crippen LogP contribution in [0, 0.1) is 0 Å². The molecule has 1 N–H and O–H groups in total. The summed E-state index contributed by atoms with van der Waals surface area (Å²) in [5.74, 6) is -0.130. The third-order valence-electron chi connectivity index (χ3n) is 5.19. The lowest BCUT2D eigenvalue weighted by Crippen LogP contribution is -2.44. The van der Waals surface area contributed by atoms with Crippen molar-refractivity contribution in [3.05, 3.63) is 113 Å². The van der Waals surface area contributed by atoms with E-state index in [1.165, 1.54) is 0 Å². The SMILES string of the molecule is C=C[C@@H](NC1N=C(c2ccccc2)c2ccccc2N(C)C1=O)c1ccc(Cl)cc1. The van der Waals surface area contributed by atoms with Gasteiger partial charge in [0.2, 0.25) is 0 Å². The lowest BCUT2D eigenvalue weighted by molar-refractivity contribution is -0.120. The van der Waals surface area contributed by atoms with Crippen molar-refractivity contribution in [2.24, 2.45) is 4.99 Å². The number of benzene rings is 3. The number of benzodiazepines with no additional fused rings is 1. The number of aliphatic imine (C=N–C) groups is 1. The van der Waals surface area contributed by atoms with Crippen LogP contribution in [0.2, 0.25) is 5.02 Å². The largest absolute Gasteiger partial charge is 0.312 e. The van der Waals surface area contributed by atoms with E-state index in [1.807, 2.05) is 78.9 Å². The summed E-state index contributed by atoms with van der Waals surface area (Å²) in [5, 5.41) is 4.02. The van der Waals surface area contributed by atoms with Gasteiger partial charge in [0, 0.05) is 23.2 Å². The van der Waals surface area contributed by atoms with Gasteiger partial charge in [-0.15, -0.1) is 6.58 Å². The summed E-state index contributed by atoms with van der Waals surface area (Å²) in [6, 6.07) is 25.0. The first-order chi connectivity index (χ1) is 14.6. The van der Waals surface area contributed by atoms with Crippen molar-refractivity contribution in [2.75, 3.05) is 11.9 Å². The highest BCUT2D eigenvalue weighted by Gasteiger charge is 2.31. The molecule has 1 unspecified atom stereocenters. The first kappa shape index (κ1) is 20.1. The number of nitrogens with one attached hydrogen (secondary N) is 1. The van der Waals surface area contributed by atoms with Gasteiger partial charge in [-0.2, -0.15) is 0 Å². The molecule has 1 amide bonds. The van der Waals surface area contributed by atoms with Gasteiger partial charge < -0.3 is 4.90 Å². The zero-order chi connectivity index (χ0) is 21.1. The van der Waals surface area contributed by atoms with Crippen LogP contribution in [0.1, 0.15) is 22.7 Å². The highest BCUT2D eigenvalue weighted by Crippen LogP contribution is 2.28. The molecule has 1 aliphatic heterocycles. The highest BCUT2D eigenvalue weighted by molar-refractivity contribution is 6.30. The summed E-state index contributed by atoms with van der Waals surface area (Å²) < 4.78 is 0. The third kappa shape index (κ3) is 3.92. The van der Waals surface area contributed by atoms with Gasteiger partial charge in [0.25, 0.3) is 5.91 Å². The Kier molecular flexibility index (Phi) is 5.79. The number of nitrogens with zero attached hydrogens (tertiary/aromatic N) is 2. The van der Waals surface area contributed by atoms with Gasteiger partial charge in [-0.05, 0) is 23.8 Å². The molecule has 0 aromatic heterocycles. The van der Waals surface area contributed by atoms with Crippen molar-refractivity contribution in [1.29, 1.82) is 0 Å². The molecule has 3 aromatic carbocycles. The predicted molar refractivity (Wildman–Crippen MR) is 123 cm³/mol. The molecule has 1 aliphatic rings. The molecule has 0 aliphatic carbocycles. The number of halogens is 1. The van der Waals surface area contributed by atoms with Crippen LogP contribution in [-0.4, -0.2) is 24.8 Å². The van der Waals surface area contributed by atoms with E-state index in [0.29, 0.717) is 5.02 Å². The molecular formula is C25H22ClN3O. The number of carbonyl (C=O) groups excluding carboxylic acids is 1. The molecule has 0 saturated carbocycles. The molecule has 30 heavy (non-hydrogen) atoms. The van der Waals surface area contributed by atoms with Crippen molar-refractivity contribution < 1.29 is 4.79 Å². The molecule has 150 valence electrons. The average Bonchev–Trinajstić information content (AvgIpc) is 2.89. The van der Waals surface area contributed by atoms with Gasteiger partial charge in [-0.25, -0.2) is 0 Å². The van der Waals surface area contributed by atoms with Crippen LogP contribution in [0.5, 0.6) is 0 Å². The van der Waals surface area contributed by atoms with Gasteiger partial charge in [-0.3, -0.25) is 15.1 Å². The second-order valence-corrected chi connectivity index (χ2v) is 7.53. The molecular weight excluding hydrogens is 394 g/mol. The summed E-state index contributed by atoms with van der Waals surface area (Å²) in [6.07, 6.45) is 1.00. The van der Waals surface area contributed by atoms with Crippen LogP contribution in [0.25, 0.3) is 0 Å². The molecule has 0 bridgehead atoms. The van der Waals surface area contributed by atoms with Gasteiger partial charge in [-0.1, -0.05) is 78.3 Å². The number of hydrogen-bond acceptors (Lipinski definition) is 3. The lowest BCUT2D eigenvalue weighted by atomic mass is 10.0. The van der Waals surface area contributed by atoms with E-state index in [-0.39, 0.29) is 11.9 Å². The van der Waals surface area contributed by atoms with Crippen molar-refractivity contribution in [2.45, 2.75) is 12.2 Å². The first-order valence-corrected chi connectivity index (χ1v) is 10.1. The summed E-state index contributed by atoms with van der Waals surface area (Å²) in [5.41, 5.74) is 4.45. The number of rotatable bonds is 5. The van der Waals surface area contributed by atoms with Gasteiger partial charge in [0.15, 0.2) is 6.17 Å². The number of para-hydroxylation sites is 1. The Morgan fingerprint density at radius 2 is 1.70 bits per heavy atom. The minimum atomic E-state index is -0.767. The molecule has 4 nitrogen and oxygen atoms in total. The Balaban J connectivity index is 1.78. The Morgan fingerprint density at radius 3 is 2.40 bits per heavy atom. The molecule has 2 atom stereocenters. The van der Waals surface area contributed by atoms with Crippen LogP contribution in [0.15, 0.2) is 96.5 Å². The van der Waals surface area contributed by atoms with Crippen molar-refractivity contribution in [1.82, 2.24) is 5.32 Å². The maximum absolute atomic E-state index is 13.3. The fourth-order valence-electron chi connectivity index (χ4n) is 3.60. The van der Waals surface area contributed by atoms with Gasteiger partial charge in [0.05, 0.1) is 17.4 Å². The summed E-state index contributed by atoms with van der Waals surface area (Å²) >= 11 is 6.02. The van der Waals surface area contributed by atoms with E-state index < -0.39 is 6.17 Å². The first-order valence-electron chi connectivity index (χ1n) is 9.73. The molecule has 3 aromatic rings. The minimum Gasteiger partial charge on any atom is -0.312 e. The van der Waals surface area contributed by atoms with E-state index in [9.17, 15) is 4.79 Å². The zero-order valence-corrected chi connectivity index (χ0v) is 17.4. The van der Waals surface area contributed by atoms with Crippen LogP contribution >= 0.6 is 11.6 Å². The number of hydrogen-bond donors (Lipinski definition) is 1. The predicted octanol–water partition coefficient (Wildman–Crippen LogP) is 5.00. The molecule has 0 fully saturated rings. The molecule has 0 saturated heterocycles. The maximum Gasteiger partial charge on any atom is 0.266 e. The Hall–Kier alpha value is -3.21. The highest BCUT2D eigenvalue weighted by atomic mass is 35.5. The van der Waals surface area contributed by atoms with Crippen molar-refractivity contribution >= 4 is 28.9 Å². The standard InChI is InChI=1S/C25H22ClN3O/c1-3-21(17-13-15-19(26)16-14-17)27-24-25(30)29(2)22-12-8-7-11-20(22)23(28-24)18-9-5-4-6-10-18/h3-16,21,24,27H,1H2,2H3/t21-,24?/m1/s1. The van der Waals surface area contributed by atoms with E-state index in [2.05, 4.69) is 11.9 Å². The number of anilines is 1. The summed E-state index contributed by atoms with van der Waals surface area (Å²) in [4.78, 5) is 19.9. The molecule has 5 heteroatoms. The lowest BCUT2D eigenvalue weighted by Gasteiger charge is -2.24. The van der Waals surface area contributed by atoms with E-state index in [4.69, 9.17) is 16.6 Å². The number of carbonyl (C=O) groups is 1. The monoisotopic (exact) mass is 415 g/mol. The molecule has 0 spiro atoms. The smallest absolute Gasteiger partial charge is 0.266 e. The Morgan fingerprint density at radius 1 is 1.03 bits per heavy atom. The number of likely N-dealkylation sites (N-methyl/N-ethyl adjacent to an activating group) is 1. The van der Waals surface area contributed by atoms with Crippen LogP contribution in [-0.2, 0) is 4.79 Å². The van der Waals surface area contributed by atoms with Gasteiger partial charge in [0.1, 0.15) is 0 Å². The van der Waals surface area contributed by atoms with Crippen LogP contribution < -0.4 is 10.2 Å². The fraction of sp³-hybridized carbons (Fsp3) is 0.120. The third-order valence-corrected chi connectivity index (χ3v) is 5.44. The van der Waals surface area contributed by atoms with Gasteiger partial charge >= 0.3 is 0 Å². The molecule has 4 rings (SSSR count). The molecule has 0 radical (unpaired) electrons. The topological polar surface area (TPSA) is 44.7 Å². The van der Waals surface area contributed by atoms with Crippen molar-refractivity contribution in [3.8, 4) is 0 Å². The van der Waals surface area contributed by atoms with Crippen molar-refractivity contribution in [3.63, 3.8) is 0 Å². The maximum atomic E-state index is 13.3. The Bertz CT molecular complexity index is 1090. The van der Waals surface area contributed by atoms with E-state index in [1.54, 1.807) is 18.0 Å². The quantitative estimate of drug-likeness (QED) is 0.596. The normalized spacial score (nSPS) is 17.0. The van der Waals surface area contributed by atoms with E-state index in [0.717, 1.165) is 28.1 Å². The summed E-state index contributed by atoms with van der Waals surface area (Å²) in [7, 11) is 1.78.